The number of hydrogen-bond donors (Lipinski definition) is 1. The average molecular weight is 300 g/mol. The smallest absolute Gasteiger partial charge is 0.0621 e. The van der Waals surface area contributed by atoms with Crippen LogP contribution in [0.2, 0.25) is 10.0 Å². The zero-order valence-electron chi connectivity index (χ0n) is 9.40. The number of nitrogens with two attached hydrogens (primary N) is 1. The normalized spacial score (nSPS) is 12.3. The summed E-state index contributed by atoms with van der Waals surface area (Å²) in [5, 5.41) is 1.14. The number of anilines is 1. The standard InChI is InChI=1S/C13H11Cl2NOS/c14-10-5-6-13(12(16)7-10)18(17)8-9-3-1-2-4-11(9)15/h1-7H,8,16H2. The lowest BCUT2D eigenvalue weighted by molar-refractivity contribution is 0.683. The summed E-state index contributed by atoms with van der Waals surface area (Å²) in [4.78, 5) is 0.583. The Labute approximate surface area is 118 Å². The highest BCUT2D eigenvalue weighted by Gasteiger charge is 2.11. The Balaban J connectivity index is 2.25. The van der Waals surface area contributed by atoms with Gasteiger partial charge in [0.15, 0.2) is 0 Å². The lowest BCUT2D eigenvalue weighted by Gasteiger charge is -2.07. The van der Waals surface area contributed by atoms with Gasteiger partial charge in [-0.05, 0) is 29.8 Å². The van der Waals surface area contributed by atoms with Gasteiger partial charge >= 0.3 is 0 Å². The van der Waals surface area contributed by atoms with Crippen molar-refractivity contribution in [3.05, 3.63) is 58.1 Å². The molecule has 0 saturated heterocycles. The first-order valence-electron chi connectivity index (χ1n) is 5.25. The summed E-state index contributed by atoms with van der Waals surface area (Å²) in [6.07, 6.45) is 0. The Bertz CT molecular complexity index is 601. The summed E-state index contributed by atoms with van der Waals surface area (Å²) < 4.78 is 12.2. The van der Waals surface area contributed by atoms with Crippen LogP contribution in [0, 0.1) is 0 Å². The minimum atomic E-state index is -1.23. The molecule has 0 aromatic heterocycles. The van der Waals surface area contributed by atoms with Crippen LogP contribution in [0.4, 0.5) is 5.69 Å². The topological polar surface area (TPSA) is 43.1 Å². The molecule has 2 aromatic rings. The van der Waals surface area contributed by atoms with Gasteiger partial charge in [-0.1, -0.05) is 41.4 Å². The predicted octanol–water partition coefficient (Wildman–Crippen LogP) is 3.88. The second-order valence-electron chi connectivity index (χ2n) is 3.76. The highest BCUT2D eigenvalue weighted by molar-refractivity contribution is 7.84. The van der Waals surface area contributed by atoms with E-state index in [1.165, 1.54) is 0 Å². The van der Waals surface area contributed by atoms with Crippen LogP contribution in [-0.4, -0.2) is 4.21 Å². The third-order valence-electron chi connectivity index (χ3n) is 2.46. The third kappa shape index (κ3) is 3.05. The van der Waals surface area contributed by atoms with E-state index in [-0.39, 0.29) is 0 Å². The molecule has 0 fully saturated rings. The van der Waals surface area contributed by atoms with Crippen molar-refractivity contribution in [2.45, 2.75) is 10.6 Å². The first kappa shape index (κ1) is 13.4. The zero-order chi connectivity index (χ0) is 13.1. The molecule has 18 heavy (non-hydrogen) atoms. The van der Waals surface area contributed by atoms with Crippen LogP contribution in [0.25, 0.3) is 0 Å². The van der Waals surface area contributed by atoms with E-state index in [1.807, 2.05) is 18.2 Å². The van der Waals surface area contributed by atoms with Gasteiger partial charge in [0.1, 0.15) is 0 Å². The van der Waals surface area contributed by atoms with Crippen LogP contribution >= 0.6 is 23.2 Å². The molecular formula is C13H11Cl2NOS. The second kappa shape index (κ2) is 5.74. The highest BCUT2D eigenvalue weighted by atomic mass is 35.5. The van der Waals surface area contributed by atoms with Crippen molar-refractivity contribution in [1.29, 1.82) is 0 Å². The van der Waals surface area contributed by atoms with Gasteiger partial charge in [-0.15, -0.1) is 0 Å². The Morgan fingerprint density at radius 3 is 2.50 bits per heavy atom. The van der Waals surface area contributed by atoms with E-state index in [0.29, 0.717) is 26.4 Å². The molecule has 2 N–H and O–H groups in total. The van der Waals surface area contributed by atoms with Crippen LogP contribution in [0.5, 0.6) is 0 Å². The summed E-state index contributed by atoms with van der Waals surface area (Å²) >= 11 is 11.8. The van der Waals surface area contributed by atoms with Gasteiger partial charge in [0.05, 0.1) is 21.4 Å². The van der Waals surface area contributed by atoms with Crippen molar-refractivity contribution in [2.24, 2.45) is 0 Å². The molecule has 0 radical (unpaired) electrons. The summed E-state index contributed by atoms with van der Waals surface area (Å²) in [5.74, 6) is 0.339. The van der Waals surface area contributed by atoms with E-state index in [4.69, 9.17) is 28.9 Å². The van der Waals surface area contributed by atoms with Gasteiger partial charge in [0.2, 0.25) is 0 Å². The Kier molecular flexibility index (Phi) is 4.27. The van der Waals surface area contributed by atoms with E-state index < -0.39 is 10.8 Å². The summed E-state index contributed by atoms with van der Waals surface area (Å²) in [6.45, 7) is 0. The van der Waals surface area contributed by atoms with Crippen molar-refractivity contribution in [3.8, 4) is 0 Å². The molecule has 0 bridgehead atoms. The Hall–Kier alpha value is -1.03. The van der Waals surface area contributed by atoms with E-state index in [9.17, 15) is 4.21 Å². The molecule has 0 aliphatic carbocycles. The van der Waals surface area contributed by atoms with E-state index >= 15 is 0 Å². The second-order valence-corrected chi connectivity index (χ2v) is 6.03. The molecule has 2 nitrogen and oxygen atoms in total. The highest BCUT2D eigenvalue weighted by Crippen LogP contribution is 2.25. The molecular weight excluding hydrogens is 289 g/mol. The fourth-order valence-corrected chi connectivity index (χ4v) is 3.25. The molecule has 1 atom stereocenters. The molecule has 2 aromatic carbocycles. The van der Waals surface area contributed by atoms with E-state index in [0.717, 1.165) is 5.56 Å². The fraction of sp³-hybridized carbons (Fsp3) is 0.0769. The third-order valence-corrected chi connectivity index (χ3v) is 4.50. The lowest BCUT2D eigenvalue weighted by atomic mass is 10.2. The molecule has 0 heterocycles. The maximum Gasteiger partial charge on any atom is 0.0621 e. The maximum atomic E-state index is 12.2. The van der Waals surface area contributed by atoms with Crippen molar-refractivity contribution < 1.29 is 4.21 Å². The van der Waals surface area contributed by atoms with Crippen LogP contribution in [0.1, 0.15) is 5.56 Å². The Morgan fingerprint density at radius 2 is 1.83 bits per heavy atom. The average Bonchev–Trinajstić information content (AvgIpc) is 2.32. The molecule has 1 unspecified atom stereocenters. The van der Waals surface area contributed by atoms with Crippen molar-refractivity contribution >= 4 is 39.7 Å². The zero-order valence-corrected chi connectivity index (χ0v) is 11.7. The quantitative estimate of drug-likeness (QED) is 0.874. The monoisotopic (exact) mass is 299 g/mol. The summed E-state index contributed by atoms with van der Waals surface area (Å²) in [7, 11) is -1.23. The van der Waals surface area contributed by atoms with Crippen LogP contribution in [0.3, 0.4) is 0 Å². The van der Waals surface area contributed by atoms with Crippen molar-refractivity contribution in [3.63, 3.8) is 0 Å². The van der Waals surface area contributed by atoms with Crippen LogP contribution < -0.4 is 5.73 Å². The molecule has 0 aliphatic rings. The largest absolute Gasteiger partial charge is 0.398 e. The van der Waals surface area contributed by atoms with E-state index in [1.54, 1.807) is 24.3 Å². The van der Waals surface area contributed by atoms with Crippen molar-refractivity contribution in [2.75, 3.05) is 5.73 Å². The number of nitrogen functional groups attached to an aromatic ring is 1. The summed E-state index contributed by atoms with van der Waals surface area (Å²) in [6, 6.07) is 12.3. The summed E-state index contributed by atoms with van der Waals surface area (Å²) in [5.41, 5.74) is 7.08. The van der Waals surface area contributed by atoms with Crippen molar-refractivity contribution in [1.82, 2.24) is 0 Å². The minimum Gasteiger partial charge on any atom is -0.398 e. The number of benzene rings is 2. The first-order chi connectivity index (χ1) is 8.58. The lowest BCUT2D eigenvalue weighted by Crippen LogP contribution is -2.01. The van der Waals surface area contributed by atoms with E-state index in [2.05, 4.69) is 0 Å². The minimum absolute atomic E-state index is 0.339. The molecule has 0 spiro atoms. The number of halogens is 2. The molecule has 2 rings (SSSR count). The predicted molar refractivity (Wildman–Crippen MR) is 77.4 cm³/mol. The van der Waals surface area contributed by atoms with Gasteiger partial charge in [-0.2, -0.15) is 0 Å². The fourth-order valence-electron chi connectivity index (χ4n) is 1.56. The maximum absolute atomic E-state index is 12.2. The first-order valence-corrected chi connectivity index (χ1v) is 7.32. The molecule has 0 amide bonds. The molecule has 0 saturated carbocycles. The Morgan fingerprint density at radius 1 is 1.11 bits per heavy atom. The van der Waals surface area contributed by atoms with Gasteiger partial charge in [0.25, 0.3) is 0 Å². The van der Waals surface area contributed by atoms with Gasteiger partial charge in [0, 0.05) is 15.7 Å². The van der Waals surface area contributed by atoms with Gasteiger partial charge in [-0.3, -0.25) is 4.21 Å². The van der Waals surface area contributed by atoms with Crippen LogP contribution in [0.15, 0.2) is 47.4 Å². The molecule has 5 heteroatoms. The molecule has 0 aliphatic heterocycles. The number of rotatable bonds is 3. The molecule has 94 valence electrons. The van der Waals surface area contributed by atoms with Gasteiger partial charge in [-0.25, -0.2) is 0 Å². The van der Waals surface area contributed by atoms with Gasteiger partial charge < -0.3 is 5.73 Å². The number of hydrogen-bond acceptors (Lipinski definition) is 2. The SMILES string of the molecule is Nc1cc(Cl)ccc1S(=O)Cc1ccccc1Cl. The van der Waals surface area contributed by atoms with Crippen LogP contribution in [-0.2, 0) is 16.6 Å².